The summed E-state index contributed by atoms with van der Waals surface area (Å²) in [7, 11) is 1.57. The molecule has 7 nitrogen and oxygen atoms in total. The van der Waals surface area contributed by atoms with Gasteiger partial charge in [0.25, 0.3) is 5.91 Å². The van der Waals surface area contributed by atoms with Gasteiger partial charge in [-0.05, 0) is 90.0 Å². The van der Waals surface area contributed by atoms with E-state index in [1.807, 2.05) is 66.7 Å². The highest BCUT2D eigenvalue weighted by Gasteiger charge is 2.49. The summed E-state index contributed by atoms with van der Waals surface area (Å²) in [6.45, 7) is 2.62. The molecule has 2 aromatic heterocycles. The molecule has 0 aliphatic heterocycles. The van der Waals surface area contributed by atoms with Gasteiger partial charge in [-0.1, -0.05) is 61.9 Å². The van der Waals surface area contributed by atoms with Gasteiger partial charge in [0.1, 0.15) is 23.0 Å². The van der Waals surface area contributed by atoms with Crippen molar-refractivity contribution in [2.75, 3.05) is 7.05 Å². The third-order valence-corrected chi connectivity index (χ3v) is 9.59. The van der Waals surface area contributed by atoms with E-state index >= 15 is 0 Å². The van der Waals surface area contributed by atoms with Crippen LogP contribution in [-0.2, 0) is 23.2 Å². The van der Waals surface area contributed by atoms with E-state index in [1.54, 1.807) is 37.6 Å². The number of fused-ring (bicyclic) bond motifs is 1. The molecule has 6 aromatic rings. The number of aryl methyl sites for hydroxylation is 1. The first kappa shape index (κ1) is 33.0. The first-order valence-corrected chi connectivity index (χ1v) is 17.0. The van der Waals surface area contributed by atoms with Crippen molar-refractivity contribution in [2.45, 2.75) is 57.2 Å². The van der Waals surface area contributed by atoms with Crippen molar-refractivity contribution in [3.63, 3.8) is 0 Å². The maximum atomic E-state index is 14.1. The lowest BCUT2D eigenvalue weighted by Gasteiger charge is -2.45. The number of ketones is 1. The van der Waals surface area contributed by atoms with Crippen LogP contribution in [0.15, 0.2) is 114 Å². The van der Waals surface area contributed by atoms with Crippen molar-refractivity contribution < 1.29 is 23.1 Å². The van der Waals surface area contributed by atoms with Crippen LogP contribution in [0.25, 0.3) is 33.4 Å². The van der Waals surface area contributed by atoms with E-state index in [4.69, 9.17) is 9.15 Å². The Morgan fingerprint density at radius 3 is 2.40 bits per heavy atom. The summed E-state index contributed by atoms with van der Waals surface area (Å²) >= 11 is 0. The molecule has 1 aliphatic rings. The summed E-state index contributed by atoms with van der Waals surface area (Å²) in [6.07, 6.45) is 6.69. The number of benzene rings is 4. The van der Waals surface area contributed by atoms with Crippen molar-refractivity contribution in [3.05, 3.63) is 143 Å². The minimum absolute atomic E-state index is 0.00533. The maximum absolute atomic E-state index is 14.1. The topological polar surface area (TPSA) is 94.3 Å². The predicted octanol–water partition coefficient (Wildman–Crippen LogP) is 8.90. The van der Waals surface area contributed by atoms with Crippen molar-refractivity contribution >= 4 is 22.7 Å². The molecular formula is C42H38FN3O4. The van der Waals surface area contributed by atoms with Crippen molar-refractivity contribution in [2.24, 2.45) is 0 Å². The fourth-order valence-corrected chi connectivity index (χ4v) is 7.05. The Balaban J connectivity index is 1.21. The molecule has 252 valence electrons. The monoisotopic (exact) mass is 667 g/mol. The summed E-state index contributed by atoms with van der Waals surface area (Å²) < 4.78 is 26.3. The van der Waals surface area contributed by atoms with E-state index in [0.717, 1.165) is 35.1 Å². The van der Waals surface area contributed by atoms with Gasteiger partial charge in [-0.3, -0.25) is 9.59 Å². The molecule has 1 fully saturated rings. The first-order chi connectivity index (χ1) is 24.4. The van der Waals surface area contributed by atoms with E-state index in [2.05, 4.69) is 22.2 Å². The minimum Gasteiger partial charge on any atom is -0.455 e. The van der Waals surface area contributed by atoms with Crippen molar-refractivity contribution in [1.29, 1.82) is 0 Å². The number of carbonyl (C=O) groups excluding carboxylic acids is 2. The third-order valence-electron chi connectivity index (χ3n) is 9.59. The number of furan rings is 1. The zero-order valence-corrected chi connectivity index (χ0v) is 28.1. The molecule has 0 bridgehead atoms. The Labute approximate surface area is 290 Å². The second-order valence-electron chi connectivity index (χ2n) is 13.0. The molecule has 1 N–H and O–H groups in total. The molecular weight excluding hydrogens is 629 g/mol. The number of aromatic nitrogens is 2. The summed E-state index contributed by atoms with van der Waals surface area (Å²) in [6, 6.07) is 29.4. The molecule has 2 heterocycles. The molecule has 7 rings (SSSR count). The fourth-order valence-electron chi connectivity index (χ4n) is 7.05. The molecule has 0 atom stereocenters. The Bertz CT molecular complexity index is 2140. The van der Waals surface area contributed by atoms with Crippen LogP contribution in [0.2, 0.25) is 0 Å². The lowest BCUT2D eigenvalue weighted by Crippen LogP contribution is -2.48. The van der Waals surface area contributed by atoms with Crippen molar-refractivity contribution in [1.82, 2.24) is 15.3 Å². The lowest BCUT2D eigenvalue weighted by molar-refractivity contribution is -0.0582. The van der Waals surface area contributed by atoms with Gasteiger partial charge in [0.2, 0.25) is 0 Å². The van der Waals surface area contributed by atoms with Crippen LogP contribution < -0.4 is 5.32 Å². The number of nitrogens with one attached hydrogen (secondary N) is 1. The Morgan fingerprint density at radius 2 is 1.68 bits per heavy atom. The molecule has 0 unspecified atom stereocenters. The zero-order valence-electron chi connectivity index (χ0n) is 28.1. The highest BCUT2D eigenvalue weighted by atomic mass is 19.1. The van der Waals surface area contributed by atoms with Crippen LogP contribution in [-0.4, -0.2) is 34.8 Å². The van der Waals surface area contributed by atoms with Crippen LogP contribution >= 0.6 is 0 Å². The van der Waals surface area contributed by atoms with E-state index in [0.29, 0.717) is 58.7 Å². The van der Waals surface area contributed by atoms with E-state index in [-0.39, 0.29) is 30.0 Å². The van der Waals surface area contributed by atoms with Crippen LogP contribution in [0.3, 0.4) is 0 Å². The highest BCUT2D eigenvalue weighted by Crippen LogP contribution is 2.47. The normalized spacial score (nSPS) is 17.0. The average Bonchev–Trinajstić information content (AvgIpc) is 3.51. The van der Waals surface area contributed by atoms with Gasteiger partial charge in [-0.15, -0.1) is 0 Å². The van der Waals surface area contributed by atoms with Crippen LogP contribution in [0.1, 0.15) is 70.3 Å². The van der Waals surface area contributed by atoms with Gasteiger partial charge in [-0.25, -0.2) is 14.4 Å². The van der Waals surface area contributed by atoms with Crippen LogP contribution in [0.4, 0.5) is 4.39 Å². The molecule has 1 aliphatic carbocycles. The van der Waals surface area contributed by atoms with E-state index < -0.39 is 5.41 Å². The average molecular weight is 668 g/mol. The highest BCUT2D eigenvalue weighted by molar-refractivity contribution is 6.12. The summed E-state index contributed by atoms with van der Waals surface area (Å²) in [4.78, 5) is 36.5. The van der Waals surface area contributed by atoms with Crippen molar-refractivity contribution in [3.8, 4) is 22.5 Å². The SMILES string of the molecule is CCCc1cc2oc(-c3ccc(F)cc3)c(C(=O)NC)c2cc1-c1cccc(C(=O)CC2(c3ncccn3)CC(OCc3ccccc3)C2)c1. The zero-order chi connectivity index (χ0) is 34.7. The first-order valence-electron chi connectivity index (χ1n) is 17.0. The number of amides is 1. The number of rotatable bonds is 12. The summed E-state index contributed by atoms with van der Waals surface area (Å²) in [5.74, 6) is 0.373. The van der Waals surface area contributed by atoms with Gasteiger partial charge in [0, 0.05) is 47.8 Å². The molecule has 1 amide bonds. The number of nitrogens with zero attached hydrogens (tertiary/aromatic N) is 2. The van der Waals surface area contributed by atoms with Gasteiger partial charge in [-0.2, -0.15) is 0 Å². The number of carbonyl (C=O) groups is 2. The van der Waals surface area contributed by atoms with Crippen LogP contribution in [0, 0.1) is 5.82 Å². The number of hydrogen-bond donors (Lipinski definition) is 1. The maximum Gasteiger partial charge on any atom is 0.255 e. The largest absolute Gasteiger partial charge is 0.455 e. The van der Waals surface area contributed by atoms with Crippen LogP contribution in [0.5, 0.6) is 0 Å². The lowest BCUT2D eigenvalue weighted by atomic mass is 9.63. The molecule has 0 radical (unpaired) electrons. The number of Topliss-reactive ketones (excluding diaryl/α,β-unsaturated/α-hetero) is 1. The quantitative estimate of drug-likeness (QED) is 0.131. The summed E-state index contributed by atoms with van der Waals surface area (Å²) in [5, 5.41) is 3.38. The number of ether oxygens (including phenoxy) is 1. The number of hydrogen-bond acceptors (Lipinski definition) is 6. The smallest absolute Gasteiger partial charge is 0.255 e. The second kappa shape index (κ2) is 14.2. The van der Waals surface area contributed by atoms with E-state index in [1.165, 1.54) is 12.1 Å². The molecule has 4 aromatic carbocycles. The Morgan fingerprint density at radius 1 is 0.920 bits per heavy atom. The molecule has 1 saturated carbocycles. The minimum atomic E-state index is -0.516. The Hall–Kier alpha value is -5.47. The number of halogens is 1. The molecule has 50 heavy (non-hydrogen) atoms. The van der Waals surface area contributed by atoms with Gasteiger partial charge in [0.15, 0.2) is 5.78 Å². The van der Waals surface area contributed by atoms with E-state index in [9.17, 15) is 14.0 Å². The Kier molecular flexibility index (Phi) is 9.37. The third kappa shape index (κ3) is 6.59. The molecule has 8 heteroatoms. The summed E-state index contributed by atoms with van der Waals surface area (Å²) in [5.41, 5.74) is 5.58. The predicted molar refractivity (Wildman–Crippen MR) is 191 cm³/mol. The van der Waals surface area contributed by atoms with Gasteiger partial charge < -0.3 is 14.5 Å². The fraction of sp³-hybridized carbons (Fsp3) is 0.238. The van der Waals surface area contributed by atoms with Gasteiger partial charge in [0.05, 0.1) is 18.3 Å². The van der Waals surface area contributed by atoms with Gasteiger partial charge >= 0.3 is 0 Å². The molecule has 0 saturated heterocycles. The second-order valence-corrected chi connectivity index (χ2v) is 13.0. The molecule has 0 spiro atoms. The standard InChI is InChI=1S/C42H38FN3O4/c1-3-9-29-21-37-35(38(40(48)44-2)39(50-37)28-14-16-32(43)17-15-28)22-34(29)30-12-7-13-31(20-30)36(47)25-42(41-45-18-8-19-46-41)23-33(24-42)49-26-27-10-5-4-6-11-27/h4-8,10-22,33H,3,9,23-26H2,1-2H3,(H,44,48).